The number of hydrogen-bond acceptors (Lipinski definition) is 2. The van der Waals surface area contributed by atoms with Crippen molar-refractivity contribution < 1.29 is 9.13 Å². The van der Waals surface area contributed by atoms with Crippen molar-refractivity contribution in [2.24, 2.45) is 0 Å². The Balaban J connectivity index is 1.60. The van der Waals surface area contributed by atoms with E-state index in [1.54, 1.807) is 6.07 Å². The van der Waals surface area contributed by atoms with Crippen LogP contribution in [0, 0.1) is 5.82 Å². The molecule has 0 saturated heterocycles. The summed E-state index contributed by atoms with van der Waals surface area (Å²) in [6.07, 6.45) is 6.83. The molecule has 0 amide bonds. The Labute approximate surface area is 121 Å². The minimum atomic E-state index is -0.282. The molecule has 2 saturated carbocycles. The SMILES string of the molecule is Fc1cc(Br)ccc1OC1(CCNC2CC2)CCC1. The molecule has 1 aromatic carbocycles. The second-order valence-electron chi connectivity index (χ2n) is 5.69. The number of hydrogen-bond donors (Lipinski definition) is 1. The summed E-state index contributed by atoms with van der Waals surface area (Å²) in [6, 6.07) is 5.73. The lowest BCUT2D eigenvalue weighted by atomic mass is 9.77. The predicted molar refractivity (Wildman–Crippen MR) is 77.0 cm³/mol. The summed E-state index contributed by atoms with van der Waals surface area (Å²) >= 11 is 3.27. The molecule has 2 nitrogen and oxygen atoms in total. The molecule has 2 fully saturated rings. The van der Waals surface area contributed by atoms with Crippen LogP contribution in [0.3, 0.4) is 0 Å². The van der Waals surface area contributed by atoms with E-state index in [-0.39, 0.29) is 11.4 Å². The topological polar surface area (TPSA) is 21.3 Å². The zero-order valence-corrected chi connectivity index (χ0v) is 12.5. The quantitative estimate of drug-likeness (QED) is 0.851. The van der Waals surface area contributed by atoms with E-state index in [0.29, 0.717) is 5.75 Å². The number of rotatable bonds is 6. The van der Waals surface area contributed by atoms with Crippen molar-refractivity contribution in [3.05, 3.63) is 28.5 Å². The van der Waals surface area contributed by atoms with E-state index in [0.717, 1.165) is 36.3 Å². The summed E-state index contributed by atoms with van der Waals surface area (Å²) in [5.74, 6) is 0.102. The molecular weight excluding hydrogens is 309 g/mol. The molecular formula is C15H19BrFNO. The summed E-state index contributed by atoms with van der Waals surface area (Å²) in [4.78, 5) is 0. The van der Waals surface area contributed by atoms with Crippen LogP contribution in [0.1, 0.15) is 38.5 Å². The fourth-order valence-corrected chi connectivity index (χ4v) is 2.89. The molecule has 1 aromatic rings. The average Bonchev–Trinajstić information content (AvgIpc) is 3.13. The highest BCUT2D eigenvalue weighted by molar-refractivity contribution is 9.10. The summed E-state index contributed by atoms with van der Waals surface area (Å²) in [5, 5.41) is 3.51. The molecule has 0 spiro atoms. The first-order chi connectivity index (χ1) is 9.17. The molecule has 104 valence electrons. The fraction of sp³-hybridized carbons (Fsp3) is 0.600. The Morgan fingerprint density at radius 1 is 1.37 bits per heavy atom. The van der Waals surface area contributed by atoms with Crippen LogP contribution < -0.4 is 10.1 Å². The zero-order valence-electron chi connectivity index (χ0n) is 10.9. The van der Waals surface area contributed by atoms with Crippen molar-refractivity contribution in [1.29, 1.82) is 0 Å². The van der Waals surface area contributed by atoms with Gasteiger partial charge in [-0.2, -0.15) is 0 Å². The highest BCUT2D eigenvalue weighted by Gasteiger charge is 2.39. The van der Waals surface area contributed by atoms with E-state index in [9.17, 15) is 4.39 Å². The van der Waals surface area contributed by atoms with E-state index in [1.165, 1.54) is 25.3 Å². The van der Waals surface area contributed by atoms with Gasteiger partial charge in [-0.25, -0.2) is 4.39 Å². The smallest absolute Gasteiger partial charge is 0.166 e. The van der Waals surface area contributed by atoms with Crippen molar-refractivity contribution in [1.82, 2.24) is 5.32 Å². The van der Waals surface area contributed by atoms with E-state index in [2.05, 4.69) is 21.2 Å². The molecule has 1 N–H and O–H groups in total. The Kier molecular flexibility index (Phi) is 3.81. The average molecular weight is 328 g/mol. The van der Waals surface area contributed by atoms with Crippen molar-refractivity contribution >= 4 is 15.9 Å². The van der Waals surface area contributed by atoms with Gasteiger partial charge >= 0.3 is 0 Å². The number of halogens is 2. The third kappa shape index (κ3) is 3.29. The monoisotopic (exact) mass is 327 g/mol. The van der Waals surface area contributed by atoms with Gasteiger partial charge in [-0.05, 0) is 63.3 Å². The molecule has 0 aliphatic heterocycles. The summed E-state index contributed by atoms with van der Waals surface area (Å²) in [6.45, 7) is 0.975. The molecule has 0 aromatic heterocycles. The second kappa shape index (κ2) is 5.41. The molecule has 3 rings (SSSR count). The maximum atomic E-state index is 13.8. The van der Waals surface area contributed by atoms with Gasteiger partial charge < -0.3 is 10.1 Å². The van der Waals surface area contributed by atoms with E-state index >= 15 is 0 Å². The van der Waals surface area contributed by atoms with E-state index < -0.39 is 0 Å². The third-order valence-electron chi connectivity index (χ3n) is 4.08. The van der Waals surface area contributed by atoms with Crippen LogP contribution in [0.2, 0.25) is 0 Å². The van der Waals surface area contributed by atoms with Gasteiger partial charge in [0.2, 0.25) is 0 Å². The molecule has 0 radical (unpaired) electrons. The van der Waals surface area contributed by atoms with Gasteiger partial charge in [-0.15, -0.1) is 0 Å². The van der Waals surface area contributed by atoms with Gasteiger partial charge in [0.15, 0.2) is 11.6 Å². The normalized spacial score (nSPS) is 20.9. The van der Waals surface area contributed by atoms with Gasteiger partial charge in [0, 0.05) is 10.5 Å². The zero-order chi connectivity index (χ0) is 13.3. The summed E-state index contributed by atoms with van der Waals surface area (Å²) in [7, 11) is 0. The van der Waals surface area contributed by atoms with Crippen LogP contribution in [-0.2, 0) is 0 Å². The first kappa shape index (κ1) is 13.4. The first-order valence-corrected chi connectivity index (χ1v) is 7.84. The number of nitrogens with one attached hydrogen (secondary N) is 1. The molecule has 19 heavy (non-hydrogen) atoms. The Morgan fingerprint density at radius 3 is 2.74 bits per heavy atom. The van der Waals surface area contributed by atoms with Gasteiger partial charge in [0.1, 0.15) is 5.60 Å². The molecule has 0 heterocycles. The van der Waals surface area contributed by atoms with Crippen LogP contribution in [0.4, 0.5) is 4.39 Å². The standard InChI is InChI=1S/C15H19BrFNO/c16-11-2-5-14(13(17)10-11)19-15(6-1-7-15)8-9-18-12-3-4-12/h2,5,10,12,18H,1,3-4,6-9H2. The highest BCUT2D eigenvalue weighted by atomic mass is 79.9. The second-order valence-corrected chi connectivity index (χ2v) is 6.61. The predicted octanol–water partition coefficient (Wildman–Crippen LogP) is 4.03. The maximum absolute atomic E-state index is 13.8. The molecule has 0 bridgehead atoms. The van der Waals surface area contributed by atoms with E-state index in [4.69, 9.17) is 4.74 Å². The summed E-state index contributed by atoms with van der Waals surface area (Å²) < 4.78 is 20.6. The van der Waals surface area contributed by atoms with Gasteiger partial charge in [-0.1, -0.05) is 15.9 Å². The molecule has 0 unspecified atom stereocenters. The maximum Gasteiger partial charge on any atom is 0.166 e. The molecule has 0 atom stereocenters. The van der Waals surface area contributed by atoms with Gasteiger partial charge in [0.25, 0.3) is 0 Å². The van der Waals surface area contributed by atoms with Crippen LogP contribution >= 0.6 is 15.9 Å². The molecule has 2 aliphatic rings. The lowest BCUT2D eigenvalue weighted by Gasteiger charge is -2.42. The Morgan fingerprint density at radius 2 is 2.16 bits per heavy atom. The van der Waals surface area contributed by atoms with Gasteiger partial charge in [-0.3, -0.25) is 0 Å². The number of ether oxygens (including phenoxy) is 1. The van der Waals surface area contributed by atoms with Crippen LogP contribution in [-0.4, -0.2) is 18.2 Å². The fourth-order valence-electron chi connectivity index (χ4n) is 2.56. The van der Waals surface area contributed by atoms with E-state index in [1.807, 2.05) is 6.07 Å². The largest absolute Gasteiger partial charge is 0.484 e. The van der Waals surface area contributed by atoms with Crippen molar-refractivity contribution in [2.75, 3.05) is 6.54 Å². The van der Waals surface area contributed by atoms with Gasteiger partial charge in [0.05, 0.1) is 0 Å². The van der Waals surface area contributed by atoms with Crippen LogP contribution in [0.15, 0.2) is 22.7 Å². The van der Waals surface area contributed by atoms with Crippen molar-refractivity contribution in [2.45, 2.75) is 50.2 Å². The van der Waals surface area contributed by atoms with Crippen LogP contribution in [0.25, 0.3) is 0 Å². The Bertz CT molecular complexity index is 457. The van der Waals surface area contributed by atoms with Crippen molar-refractivity contribution in [3.8, 4) is 5.75 Å². The van der Waals surface area contributed by atoms with Crippen LogP contribution in [0.5, 0.6) is 5.75 Å². The third-order valence-corrected chi connectivity index (χ3v) is 4.57. The van der Waals surface area contributed by atoms with Crippen molar-refractivity contribution in [3.63, 3.8) is 0 Å². The minimum Gasteiger partial charge on any atom is -0.484 e. The molecule has 2 aliphatic carbocycles. The summed E-state index contributed by atoms with van der Waals surface area (Å²) in [5.41, 5.74) is -0.142. The Hall–Kier alpha value is -0.610. The number of benzene rings is 1. The molecule has 4 heteroatoms. The first-order valence-electron chi connectivity index (χ1n) is 7.04. The highest BCUT2D eigenvalue weighted by Crippen LogP contribution is 2.40. The minimum absolute atomic E-state index is 0.142. The lowest BCUT2D eigenvalue weighted by molar-refractivity contribution is -0.0172. The lowest BCUT2D eigenvalue weighted by Crippen LogP contribution is -2.45.